The third-order valence-corrected chi connectivity index (χ3v) is 10.6. The van der Waals surface area contributed by atoms with Crippen LogP contribution >= 0.6 is 0 Å². The van der Waals surface area contributed by atoms with E-state index in [9.17, 15) is 14.7 Å². The number of rotatable bonds is 39. The van der Waals surface area contributed by atoms with Crippen LogP contribution in [0.1, 0.15) is 221 Å². The van der Waals surface area contributed by atoms with Crippen molar-refractivity contribution in [1.82, 2.24) is 4.90 Å². The molecule has 0 aliphatic heterocycles. The number of aliphatic hydroxyl groups excluding tert-OH is 1. The number of hydrogen-bond acceptors (Lipinski definition) is 6. The Kier molecular flexibility index (Phi) is 35.4. The molecule has 0 unspecified atom stereocenters. The predicted octanol–water partition coefficient (Wildman–Crippen LogP) is 12.4. The van der Waals surface area contributed by atoms with Crippen molar-refractivity contribution in [3.05, 3.63) is 0 Å². The topological polar surface area (TPSA) is 76.1 Å². The van der Waals surface area contributed by atoms with Crippen LogP contribution < -0.4 is 0 Å². The molecule has 6 nitrogen and oxygen atoms in total. The Morgan fingerprint density at radius 3 is 1.58 bits per heavy atom. The molecule has 0 saturated carbocycles. The molecule has 0 rings (SSSR count). The summed E-state index contributed by atoms with van der Waals surface area (Å²) in [4.78, 5) is 26.9. The van der Waals surface area contributed by atoms with Crippen LogP contribution in [0.25, 0.3) is 0 Å². The zero-order valence-corrected chi connectivity index (χ0v) is 34.4. The van der Waals surface area contributed by atoms with Gasteiger partial charge in [0.05, 0.1) is 19.8 Å². The highest BCUT2D eigenvalue weighted by atomic mass is 16.5. The molecule has 6 heteroatoms. The summed E-state index contributed by atoms with van der Waals surface area (Å²) in [5, 5.41) is 9.63. The molecule has 0 amide bonds. The van der Waals surface area contributed by atoms with Crippen LogP contribution in [-0.2, 0) is 19.1 Å². The number of aliphatic hydroxyl groups is 1. The minimum Gasteiger partial charge on any atom is -0.466 e. The van der Waals surface area contributed by atoms with Gasteiger partial charge in [-0.1, -0.05) is 163 Å². The van der Waals surface area contributed by atoms with E-state index in [0.29, 0.717) is 38.5 Å². The number of nitrogens with zero attached hydrogens (tertiary/aromatic N) is 1. The Balaban J connectivity index is 4.02. The molecule has 50 heavy (non-hydrogen) atoms. The molecule has 298 valence electrons. The molecule has 0 radical (unpaired) electrons. The summed E-state index contributed by atoms with van der Waals surface area (Å²) >= 11 is 0. The van der Waals surface area contributed by atoms with E-state index in [0.717, 1.165) is 83.7 Å². The fraction of sp³-hybridized carbons (Fsp3) is 0.955. The SMILES string of the molecule is CCCCCCCCCCOC(=O)CCCC(C)(C)CCN(CCO)CCCCCCCC(=O)OCCC(CCCCCC)CCCCCC. The Labute approximate surface area is 312 Å². The Bertz CT molecular complexity index is 730. The van der Waals surface area contributed by atoms with Crippen molar-refractivity contribution in [3.8, 4) is 0 Å². The number of ether oxygens (including phenoxy) is 2. The fourth-order valence-corrected chi connectivity index (χ4v) is 6.97. The fourth-order valence-electron chi connectivity index (χ4n) is 6.97. The second-order valence-corrected chi connectivity index (χ2v) is 16.1. The van der Waals surface area contributed by atoms with Gasteiger partial charge in [0.15, 0.2) is 0 Å². The monoisotopic (exact) mass is 710 g/mol. The first-order chi connectivity index (χ1) is 24.3. The molecule has 0 bridgehead atoms. The maximum Gasteiger partial charge on any atom is 0.305 e. The molecule has 0 atom stereocenters. The number of carbonyl (C=O) groups excluding carboxylic acids is 2. The van der Waals surface area contributed by atoms with Gasteiger partial charge in [0, 0.05) is 19.4 Å². The lowest BCUT2D eigenvalue weighted by Crippen LogP contribution is -2.32. The highest BCUT2D eigenvalue weighted by Crippen LogP contribution is 2.28. The summed E-state index contributed by atoms with van der Waals surface area (Å²) in [6.07, 6.45) is 33.5. The quantitative estimate of drug-likeness (QED) is 0.0506. The second kappa shape index (κ2) is 36.2. The van der Waals surface area contributed by atoms with Crippen LogP contribution in [0.15, 0.2) is 0 Å². The minimum atomic E-state index is -0.0484. The predicted molar refractivity (Wildman–Crippen MR) is 214 cm³/mol. The Morgan fingerprint density at radius 2 is 1.00 bits per heavy atom. The Morgan fingerprint density at radius 1 is 0.520 bits per heavy atom. The highest BCUT2D eigenvalue weighted by Gasteiger charge is 2.20. The summed E-state index contributed by atoms with van der Waals surface area (Å²) in [6.45, 7) is 15.4. The lowest BCUT2D eigenvalue weighted by molar-refractivity contribution is -0.145. The first-order valence-electron chi connectivity index (χ1n) is 21.9. The lowest BCUT2D eigenvalue weighted by Gasteiger charge is -2.29. The van der Waals surface area contributed by atoms with E-state index >= 15 is 0 Å². The molecule has 0 saturated heterocycles. The molecule has 0 aromatic heterocycles. The molecule has 0 aromatic carbocycles. The van der Waals surface area contributed by atoms with Gasteiger partial charge in [-0.25, -0.2) is 0 Å². The molecular weight excluding hydrogens is 622 g/mol. The van der Waals surface area contributed by atoms with Crippen LogP contribution in [-0.4, -0.2) is 61.4 Å². The van der Waals surface area contributed by atoms with Gasteiger partial charge in [-0.3, -0.25) is 9.59 Å². The van der Waals surface area contributed by atoms with Gasteiger partial charge in [0.1, 0.15) is 0 Å². The molecule has 0 heterocycles. The second-order valence-electron chi connectivity index (χ2n) is 16.1. The summed E-state index contributed by atoms with van der Waals surface area (Å²) < 4.78 is 11.1. The van der Waals surface area contributed by atoms with E-state index < -0.39 is 0 Å². The zero-order chi connectivity index (χ0) is 37.0. The maximum absolute atomic E-state index is 12.4. The van der Waals surface area contributed by atoms with Crippen molar-refractivity contribution >= 4 is 11.9 Å². The summed E-state index contributed by atoms with van der Waals surface area (Å²) in [5.41, 5.74) is 0.157. The van der Waals surface area contributed by atoms with Gasteiger partial charge in [0.2, 0.25) is 0 Å². The van der Waals surface area contributed by atoms with Crippen molar-refractivity contribution in [2.75, 3.05) is 39.5 Å². The highest BCUT2D eigenvalue weighted by molar-refractivity contribution is 5.69. The molecule has 0 aliphatic rings. The number of unbranched alkanes of at least 4 members (excludes halogenated alkanes) is 17. The van der Waals surface area contributed by atoms with Gasteiger partial charge >= 0.3 is 11.9 Å². The molecule has 0 spiro atoms. The average Bonchev–Trinajstić information content (AvgIpc) is 3.09. The van der Waals surface area contributed by atoms with Crippen LogP contribution in [0.2, 0.25) is 0 Å². The van der Waals surface area contributed by atoms with Crippen molar-refractivity contribution in [1.29, 1.82) is 0 Å². The van der Waals surface area contributed by atoms with Gasteiger partial charge in [0.25, 0.3) is 0 Å². The van der Waals surface area contributed by atoms with E-state index in [-0.39, 0.29) is 24.0 Å². The van der Waals surface area contributed by atoms with Crippen LogP contribution in [0, 0.1) is 11.3 Å². The molecule has 0 aliphatic carbocycles. The first kappa shape index (κ1) is 48.9. The summed E-state index contributed by atoms with van der Waals surface area (Å²) in [6, 6.07) is 0. The third kappa shape index (κ3) is 34.0. The summed E-state index contributed by atoms with van der Waals surface area (Å²) in [7, 11) is 0. The number of hydrogen-bond donors (Lipinski definition) is 1. The van der Waals surface area contributed by atoms with E-state index in [1.54, 1.807) is 0 Å². The summed E-state index contributed by atoms with van der Waals surface area (Å²) in [5.74, 6) is 0.638. The van der Waals surface area contributed by atoms with E-state index in [2.05, 4.69) is 39.5 Å². The Hall–Kier alpha value is -1.14. The lowest BCUT2D eigenvalue weighted by atomic mass is 9.83. The smallest absolute Gasteiger partial charge is 0.305 e. The first-order valence-corrected chi connectivity index (χ1v) is 21.9. The standard InChI is InChI=1S/C44H87NO5/c1-6-9-12-15-16-17-21-26-39-49-43(48)31-27-33-44(4,5)34-36-45(37-38-46)35-25-20-18-19-24-30-42(47)50-40-32-41(28-22-13-10-7-2)29-23-14-11-8-3/h41,46H,6-40H2,1-5H3. The molecule has 0 aromatic rings. The normalized spacial score (nSPS) is 11.9. The molecular formula is C44H87NO5. The minimum absolute atomic E-state index is 0.0202. The molecule has 1 N–H and O–H groups in total. The van der Waals surface area contributed by atoms with Crippen LogP contribution in [0.3, 0.4) is 0 Å². The van der Waals surface area contributed by atoms with Crippen LogP contribution in [0.5, 0.6) is 0 Å². The number of esters is 2. The van der Waals surface area contributed by atoms with Gasteiger partial charge in [-0.05, 0) is 69.4 Å². The maximum atomic E-state index is 12.4. The van der Waals surface area contributed by atoms with Crippen molar-refractivity contribution in [2.24, 2.45) is 11.3 Å². The number of carbonyl (C=O) groups is 2. The van der Waals surface area contributed by atoms with E-state index in [1.165, 1.54) is 103 Å². The largest absolute Gasteiger partial charge is 0.466 e. The van der Waals surface area contributed by atoms with Gasteiger partial charge < -0.3 is 19.5 Å². The third-order valence-electron chi connectivity index (χ3n) is 10.6. The van der Waals surface area contributed by atoms with Crippen LogP contribution in [0.4, 0.5) is 0 Å². The van der Waals surface area contributed by atoms with E-state index in [4.69, 9.17) is 9.47 Å². The zero-order valence-electron chi connectivity index (χ0n) is 34.4. The van der Waals surface area contributed by atoms with Crippen molar-refractivity contribution in [3.63, 3.8) is 0 Å². The van der Waals surface area contributed by atoms with E-state index in [1.807, 2.05) is 0 Å². The van der Waals surface area contributed by atoms with Gasteiger partial charge in [-0.2, -0.15) is 0 Å². The van der Waals surface area contributed by atoms with Crippen molar-refractivity contribution in [2.45, 2.75) is 221 Å². The van der Waals surface area contributed by atoms with Crippen molar-refractivity contribution < 1.29 is 24.2 Å². The van der Waals surface area contributed by atoms with Gasteiger partial charge in [-0.15, -0.1) is 0 Å². The molecule has 0 fully saturated rings. The average molecular weight is 710 g/mol.